The summed E-state index contributed by atoms with van der Waals surface area (Å²) in [5.74, 6) is -0.445. The van der Waals surface area contributed by atoms with Gasteiger partial charge in [-0.1, -0.05) is 26.0 Å². The monoisotopic (exact) mass is 427 g/mol. The summed E-state index contributed by atoms with van der Waals surface area (Å²) in [5.41, 5.74) is 1.84. The second-order valence-electron chi connectivity index (χ2n) is 7.66. The quantitative estimate of drug-likeness (QED) is 0.673. The van der Waals surface area contributed by atoms with E-state index in [-0.39, 0.29) is 17.5 Å². The van der Waals surface area contributed by atoms with Crippen LogP contribution < -0.4 is 5.32 Å². The average molecular weight is 427 g/mol. The maximum Gasteiger partial charge on any atom is 0.416 e. The van der Waals surface area contributed by atoms with Gasteiger partial charge in [0.05, 0.1) is 29.4 Å². The standard InChI is InChI=1S/C21H22F5N3O/c1-12(2)19-18-15(7-14(8-27-18)20(30)28-9-17(22)23)11-29(19)10-13-3-5-16(6-4-13)21(24,25)26/h3-8,12,17,19H,9-11H2,1-2H3,(H,28,30)/t19-/m0/s1. The zero-order chi connectivity index (χ0) is 22.1. The highest BCUT2D eigenvalue weighted by Gasteiger charge is 2.35. The Labute approximate surface area is 171 Å². The molecular weight excluding hydrogens is 405 g/mol. The van der Waals surface area contributed by atoms with Crippen LogP contribution in [0.15, 0.2) is 36.5 Å². The molecule has 0 radical (unpaired) electrons. The Balaban J connectivity index is 1.78. The van der Waals surface area contributed by atoms with Gasteiger partial charge in [0.1, 0.15) is 0 Å². The van der Waals surface area contributed by atoms with Crippen molar-refractivity contribution in [2.45, 2.75) is 45.6 Å². The van der Waals surface area contributed by atoms with Crippen LogP contribution >= 0.6 is 0 Å². The second-order valence-corrected chi connectivity index (χ2v) is 7.66. The molecule has 3 rings (SSSR count). The summed E-state index contributed by atoms with van der Waals surface area (Å²) in [6.07, 6.45) is -5.65. The maximum absolute atomic E-state index is 12.8. The first-order valence-electron chi connectivity index (χ1n) is 9.51. The third kappa shape index (κ3) is 4.95. The highest BCUT2D eigenvalue weighted by molar-refractivity contribution is 5.94. The fourth-order valence-electron chi connectivity index (χ4n) is 3.73. The number of halogens is 5. The largest absolute Gasteiger partial charge is 0.416 e. The van der Waals surface area contributed by atoms with Crippen LogP contribution in [-0.4, -0.2) is 28.8 Å². The fraction of sp³-hybridized carbons (Fsp3) is 0.429. The van der Waals surface area contributed by atoms with Crippen LogP contribution in [0.4, 0.5) is 22.0 Å². The number of nitrogens with zero attached hydrogens (tertiary/aromatic N) is 2. The molecule has 9 heteroatoms. The fourth-order valence-corrected chi connectivity index (χ4v) is 3.73. The minimum absolute atomic E-state index is 0.0690. The van der Waals surface area contributed by atoms with Gasteiger partial charge in [-0.3, -0.25) is 14.7 Å². The van der Waals surface area contributed by atoms with Crippen molar-refractivity contribution in [3.8, 4) is 0 Å². The SMILES string of the molecule is CC(C)[C@H]1c2ncc(C(=O)NCC(F)F)cc2CN1Cc1ccc(C(F)(F)F)cc1. The molecule has 2 heterocycles. The second kappa shape index (κ2) is 8.67. The molecule has 0 saturated heterocycles. The molecule has 1 atom stereocenters. The summed E-state index contributed by atoms with van der Waals surface area (Å²) in [5, 5.41) is 2.16. The summed E-state index contributed by atoms with van der Waals surface area (Å²) in [6.45, 7) is 4.19. The highest BCUT2D eigenvalue weighted by atomic mass is 19.4. The van der Waals surface area contributed by atoms with Crippen LogP contribution in [-0.2, 0) is 19.3 Å². The Bertz CT molecular complexity index is 897. The Morgan fingerprint density at radius 2 is 1.90 bits per heavy atom. The van der Waals surface area contributed by atoms with Gasteiger partial charge in [-0.05, 0) is 35.2 Å². The van der Waals surface area contributed by atoms with Crippen molar-refractivity contribution in [3.05, 3.63) is 64.5 Å². The summed E-state index contributed by atoms with van der Waals surface area (Å²) >= 11 is 0. The smallest absolute Gasteiger partial charge is 0.346 e. The van der Waals surface area contributed by atoms with Crippen LogP contribution in [0.2, 0.25) is 0 Å². The van der Waals surface area contributed by atoms with Crippen molar-refractivity contribution >= 4 is 5.91 Å². The van der Waals surface area contributed by atoms with Crippen molar-refractivity contribution in [3.63, 3.8) is 0 Å². The van der Waals surface area contributed by atoms with Crippen molar-refractivity contribution < 1.29 is 26.7 Å². The first-order chi connectivity index (χ1) is 14.1. The Hall–Kier alpha value is -2.55. The number of nitrogens with one attached hydrogen (secondary N) is 1. The molecule has 0 fully saturated rings. The number of pyridine rings is 1. The summed E-state index contributed by atoms with van der Waals surface area (Å²) in [4.78, 5) is 18.6. The van der Waals surface area contributed by atoms with Crippen LogP contribution in [0.1, 0.15) is 52.6 Å². The molecule has 1 aromatic carbocycles. The van der Waals surface area contributed by atoms with Crippen LogP contribution in [0.5, 0.6) is 0 Å². The minimum atomic E-state index is -4.38. The van der Waals surface area contributed by atoms with Gasteiger partial charge in [0.25, 0.3) is 12.3 Å². The van der Waals surface area contributed by atoms with Gasteiger partial charge in [0, 0.05) is 19.3 Å². The molecule has 1 aromatic heterocycles. The lowest BCUT2D eigenvalue weighted by Crippen LogP contribution is -2.28. The van der Waals surface area contributed by atoms with Crippen molar-refractivity contribution in [2.24, 2.45) is 5.92 Å². The first kappa shape index (κ1) is 22.1. The molecule has 162 valence electrons. The number of alkyl halides is 5. The zero-order valence-corrected chi connectivity index (χ0v) is 16.5. The lowest BCUT2D eigenvalue weighted by Gasteiger charge is -2.27. The topological polar surface area (TPSA) is 45.2 Å². The summed E-state index contributed by atoms with van der Waals surface area (Å²) in [7, 11) is 0. The number of benzene rings is 1. The van der Waals surface area contributed by atoms with Crippen LogP contribution in [0.3, 0.4) is 0 Å². The molecule has 1 aliphatic rings. The Morgan fingerprint density at radius 3 is 2.47 bits per heavy atom. The zero-order valence-electron chi connectivity index (χ0n) is 16.5. The first-order valence-corrected chi connectivity index (χ1v) is 9.51. The van der Waals surface area contributed by atoms with Crippen molar-refractivity contribution in [2.75, 3.05) is 6.54 Å². The number of aromatic nitrogens is 1. The third-order valence-electron chi connectivity index (χ3n) is 5.03. The molecule has 1 aliphatic heterocycles. The molecule has 0 bridgehead atoms. The molecule has 0 saturated carbocycles. The number of hydrogen-bond donors (Lipinski definition) is 1. The van der Waals surface area contributed by atoms with E-state index in [2.05, 4.69) is 15.2 Å². The van der Waals surface area contributed by atoms with E-state index in [1.165, 1.54) is 18.3 Å². The van der Waals surface area contributed by atoms with Crippen LogP contribution in [0.25, 0.3) is 0 Å². The Morgan fingerprint density at radius 1 is 1.23 bits per heavy atom. The number of carbonyl (C=O) groups is 1. The van der Waals surface area contributed by atoms with E-state index < -0.39 is 30.6 Å². The van der Waals surface area contributed by atoms with E-state index in [4.69, 9.17) is 0 Å². The van der Waals surface area contributed by atoms with E-state index in [9.17, 15) is 26.7 Å². The molecule has 30 heavy (non-hydrogen) atoms. The van der Waals surface area contributed by atoms with Gasteiger partial charge in [0.2, 0.25) is 0 Å². The Kier molecular flexibility index (Phi) is 6.40. The minimum Gasteiger partial charge on any atom is -0.346 e. The van der Waals surface area contributed by atoms with E-state index in [1.807, 2.05) is 13.8 Å². The molecule has 0 aliphatic carbocycles. The van der Waals surface area contributed by atoms with Gasteiger partial charge in [-0.15, -0.1) is 0 Å². The number of rotatable bonds is 6. The number of fused-ring (bicyclic) bond motifs is 1. The van der Waals surface area contributed by atoms with E-state index in [0.29, 0.717) is 13.1 Å². The predicted octanol–water partition coefficient (Wildman–Crippen LogP) is 4.81. The third-order valence-corrected chi connectivity index (χ3v) is 5.03. The normalized spacial score (nSPS) is 16.9. The van der Waals surface area contributed by atoms with Gasteiger partial charge < -0.3 is 5.32 Å². The van der Waals surface area contributed by atoms with Gasteiger partial charge in [0.15, 0.2) is 0 Å². The molecule has 1 N–H and O–H groups in total. The van der Waals surface area contributed by atoms with Crippen molar-refractivity contribution in [1.29, 1.82) is 0 Å². The molecule has 0 spiro atoms. The number of carbonyl (C=O) groups excluding carboxylic acids is 1. The molecule has 1 amide bonds. The van der Waals surface area contributed by atoms with E-state index in [0.717, 1.165) is 29.0 Å². The molecule has 0 unspecified atom stereocenters. The van der Waals surface area contributed by atoms with Gasteiger partial charge >= 0.3 is 6.18 Å². The van der Waals surface area contributed by atoms with E-state index >= 15 is 0 Å². The number of hydrogen-bond acceptors (Lipinski definition) is 3. The number of amides is 1. The summed E-state index contributed by atoms with van der Waals surface area (Å²) < 4.78 is 63.0. The van der Waals surface area contributed by atoms with Crippen LogP contribution in [0, 0.1) is 5.92 Å². The lowest BCUT2D eigenvalue weighted by atomic mass is 9.99. The predicted molar refractivity (Wildman–Crippen MR) is 101 cm³/mol. The molecular formula is C21H22F5N3O. The molecule has 4 nitrogen and oxygen atoms in total. The lowest BCUT2D eigenvalue weighted by molar-refractivity contribution is -0.137. The highest BCUT2D eigenvalue weighted by Crippen LogP contribution is 2.39. The van der Waals surface area contributed by atoms with Gasteiger partial charge in [-0.2, -0.15) is 13.2 Å². The van der Waals surface area contributed by atoms with E-state index in [1.54, 1.807) is 6.07 Å². The molecule has 2 aromatic rings. The summed E-state index contributed by atoms with van der Waals surface area (Å²) in [6, 6.07) is 6.62. The van der Waals surface area contributed by atoms with Crippen molar-refractivity contribution in [1.82, 2.24) is 15.2 Å². The average Bonchev–Trinajstić information content (AvgIpc) is 3.02. The maximum atomic E-state index is 12.8. The van der Waals surface area contributed by atoms with Gasteiger partial charge in [-0.25, -0.2) is 8.78 Å².